The van der Waals surface area contributed by atoms with Crippen molar-refractivity contribution in [2.75, 3.05) is 13.1 Å². The number of aryl methyl sites for hydroxylation is 3. The van der Waals surface area contributed by atoms with Gasteiger partial charge in [-0.25, -0.2) is 0 Å². The third-order valence-corrected chi connectivity index (χ3v) is 5.11. The molecule has 2 atom stereocenters. The minimum absolute atomic E-state index is 0.0482. The van der Waals surface area contributed by atoms with Crippen molar-refractivity contribution >= 4 is 17.7 Å². The number of rotatable bonds is 6. The van der Waals surface area contributed by atoms with Gasteiger partial charge in [0.1, 0.15) is 0 Å². The Morgan fingerprint density at radius 2 is 1.69 bits per heavy atom. The van der Waals surface area contributed by atoms with Gasteiger partial charge in [-0.15, -0.1) is 0 Å². The number of nitrogens with zero attached hydrogens (tertiary/aromatic N) is 1. The number of carboxylic acids is 1. The second-order valence-corrected chi connectivity index (χ2v) is 7.73. The van der Waals surface area contributed by atoms with Gasteiger partial charge < -0.3 is 10.0 Å². The van der Waals surface area contributed by atoms with Crippen LogP contribution in [-0.4, -0.2) is 40.8 Å². The lowest BCUT2D eigenvalue weighted by atomic mass is 9.90. The maximum Gasteiger partial charge on any atom is 0.308 e. The number of ketones is 1. The first kappa shape index (κ1) is 20.1. The van der Waals surface area contributed by atoms with Gasteiger partial charge in [-0.3, -0.25) is 14.4 Å². The average Bonchev–Trinajstić information content (AvgIpc) is 2.53. The van der Waals surface area contributed by atoms with Gasteiger partial charge in [0, 0.05) is 31.5 Å². The highest BCUT2D eigenvalue weighted by Gasteiger charge is 2.31. The molecule has 0 bridgehead atoms. The van der Waals surface area contributed by atoms with E-state index in [2.05, 4.69) is 0 Å². The maximum atomic E-state index is 12.5. The molecule has 0 spiro atoms. The average molecular weight is 359 g/mol. The number of carbonyl (C=O) groups is 3. The first-order valence-electron chi connectivity index (χ1n) is 9.30. The van der Waals surface area contributed by atoms with Crippen LogP contribution >= 0.6 is 0 Å². The van der Waals surface area contributed by atoms with E-state index in [1.54, 1.807) is 4.90 Å². The minimum atomic E-state index is -0.838. The van der Waals surface area contributed by atoms with Gasteiger partial charge in [-0.1, -0.05) is 24.6 Å². The molecule has 5 nitrogen and oxygen atoms in total. The SMILES string of the molecule is Cc1cc(C)c(C(=O)CCCC(=O)N2CC(C)CC(C(=O)O)C2)c(C)c1. The Morgan fingerprint density at radius 1 is 1.08 bits per heavy atom. The van der Waals surface area contributed by atoms with Crippen LogP contribution in [0.1, 0.15) is 59.7 Å². The molecule has 1 aromatic carbocycles. The third-order valence-electron chi connectivity index (χ3n) is 5.11. The Kier molecular flexibility index (Phi) is 6.57. The van der Waals surface area contributed by atoms with E-state index >= 15 is 0 Å². The molecule has 0 saturated carbocycles. The standard InChI is InChI=1S/C21H29NO4/c1-13-8-15(3)20(16(4)9-13)18(23)6-5-7-19(24)22-11-14(2)10-17(12-22)21(25)26/h8-9,14,17H,5-7,10-12H2,1-4H3,(H,25,26). The Bertz CT molecular complexity index is 687. The molecule has 2 rings (SSSR count). The summed E-state index contributed by atoms with van der Waals surface area (Å²) in [5, 5.41) is 9.22. The van der Waals surface area contributed by atoms with Crippen molar-refractivity contribution in [1.29, 1.82) is 0 Å². The predicted octanol–water partition coefficient (Wildman–Crippen LogP) is 3.53. The van der Waals surface area contributed by atoms with E-state index in [0.29, 0.717) is 25.8 Å². The van der Waals surface area contributed by atoms with Crippen LogP contribution in [0, 0.1) is 32.6 Å². The molecule has 1 aliphatic rings. The van der Waals surface area contributed by atoms with Gasteiger partial charge >= 0.3 is 5.97 Å². The molecule has 2 unspecified atom stereocenters. The van der Waals surface area contributed by atoms with Crippen LogP contribution in [0.4, 0.5) is 0 Å². The monoisotopic (exact) mass is 359 g/mol. The van der Waals surface area contributed by atoms with Crippen LogP contribution < -0.4 is 0 Å². The molecular formula is C21H29NO4. The van der Waals surface area contributed by atoms with Crippen LogP contribution in [0.15, 0.2) is 12.1 Å². The highest BCUT2D eigenvalue weighted by atomic mass is 16.4. The summed E-state index contributed by atoms with van der Waals surface area (Å²) in [6, 6.07) is 4.01. The first-order valence-corrected chi connectivity index (χ1v) is 9.30. The summed E-state index contributed by atoms with van der Waals surface area (Å²) >= 11 is 0. The maximum absolute atomic E-state index is 12.5. The van der Waals surface area contributed by atoms with Crippen LogP contribution in [-0.2, 0) is 9.59 Å². The number of benzene rings is 1. The molecule has 1 N–H and O–H groups in total. The predicted molar refractivity (Wildman–Crippen MR) is 100 cm³/mol. The van der Waals surface area contributed by atoms with Crippen LogP contribution in [0.3, 0.4) is 0 Å². The summed E-state index contributed by atoms with van der Waals surface area (Å²) < 4.78 is 0. The number of likely N-dealkylation sites (tertiary alicyclic amines) is 1. The van der Waals surface area contributed by atoms with Crippen molar-refractivity contribution in [2.45, 2.75) is 53.4 Å². The highest BCUT2D eigenvalue weighted by molar-refractivity contribution is 5.99. The Hall–Kier alpha value is -2.17. The Balaban J connectivity index is 1.90. The zero-order valence-corrected chi connectivity index (χ0v) is 16.2. The normalized spacial score (nSPS) is 20.1. The number of aliphatic carboxylic acids is 1. The third kappa shape index (κ3) is 4.93. The largest absolute Gasteiger partial charge is 0.481 e. The summed E-state index contributed by atoms with van der Waals surface area (Å²) in [5.41, 5.74) is 3.86. The topological polar surface area (TPSA) is 74.7 Å². The van der Waals surface area contributed by atoms with Crippen molar-refractivity contribution in [2.24, 2.45) is 11.8 Å². The number of hydrogen-bond acceptors (Lipinski definition) is 3. The second kappa shape index (κ2) is 8.47. The number of piperidine rings is 1. The van der Waals surface area contributed by atoms with E-state index in [-0.39, 0.29) is 30.6 Å². The van der Waals surface area contributed by atoms with Gasteiger partial charge in [-0.05, 0) is 50.7 Å². The van der Waals surface area contributed by atoms with Crippen molar-refractivity contribution in [3.63, 3.8) is 0 Å². The number of amides is 1. The van der Waals surface area contributed by atoms with Crippen molar-refractivity contribution in [3.8, 4) is 0 Å². The number of Topliss-reactive ketones (excluding diaryl/α,β-unsaturated/α-hetero) is 1. The molecule has 1 fully saturated rings. The van der Waals surface area contributed by atoms with Crippen LogP contribution in [0.2, 0.25) is 0 Å². The Labute approximate surface area is 155 Å². The van der Waals surface area contributed by atoms with Crippen LogP contribution in [0.5, 0.6) is 0 Å². The first-order chi connectivity index (χ1) is 12.2. The molecule has 1 saturated heterocycles. The fourth-order valence-corrected chi connectivity index (χ4v) is 4.04. The number of carboxylic acid groups (broad SMARTS) is 1. The fourth-order valence-electron chi connectivity index (χ4n) is 4.04. The van der Waals surface area contributed by atoms with Gasteiger partial charge in [0.15, 0.2) is 5.78 Å². The van der Waals surface area contributed by atoms with Crippen molar-refractivity contribution in [1.82, 2.24) is 4.90 Å². The minimum Gasteiger partial charge on any atom is -0.481 e. The van der Waals surface area contributed by atoms with E-state index in [0.717, 1.165) is 22.3 Å². The summed E-state index contributed by atoms with van der Waals surface area (Å²) in [6.45, 7) is 8.76. The molecule has 1 aromatic rings. The zero-order chi connectivity index (χ0) is 19.4. The highest BCUT2D eigenvalue weighted by Crippen LogP contribution is 2.23. The smallest absolute Gasteiger partial charge is 0.308 e. The van der Waals surface area contributed by atoms with E-state index in [1.807, 2.05) is 39.8 Å². The fraction of sp³-hybridized carbons (Fsp3) is 0.571. The lowest BCUT2D eigenvalue weighted by Gasteiger charge is -2.34. The molecular weight excluding hydrogens is 330 g/mol. The van der Waals surface area contributed by atoms with Crippen molar-refractivity contribution in [3.05, 3.63) is 34.4 Å². The molecule has 0 aromatic heterocycles. The molecule has 1 aliphatic heterocycles. The van der Waals surface area contributed by atoms with E-state index < -0.39 is 11.9 Å². The molecule has 1 heterocycles. The summed E-state index contributed by atoms with van der Waals surface area (Å²) in [4.78, 5) is 37.9. The van der Waals surface area contributed by atoms with Crippen molar-refractivity contribution < 1.29 is 19.5 Å². The van der Waals surface area contributed by atoms with Gasteiger partial charge in [0.05, 0.1) is 5.92 Å². The lowest BCUT2D eigenvalue weighted by molar-refractivity contribution is -0.146. The number of hydrogen-bond donors (Lipinski definition) is 1. The lowest BCUT2D eigenvalue weighted by Crippen LogP contribution is -2.45. The van der Waals surface area contributed by atoms with Gasteiger partial charge in [0.25, 0.3) is 0 Å². The van der Waals surface area contributed by atoms with Gasteiger partial charge in [0.2, 0.25) is 5.91 Å². The van der Waals surface area contributed by atoms with E-state index in [4.69, 9.17) is 0 Å². The van der Waals surface area contributed by atoms with Gasteiger partial charge in [-0.2, -0.15) is 0 Å². The number of carbonyl (C=O) groups excluding carboxylic acids is 2. The molecule has 0 aliphatic carbocycles. The van der Waals surface area contributed by atoms with E-state index in [1.165, 1.54) is 0 Å². The molecule has 5 heteroatoms. The van der Waals surface area contributed by atoms with Crippen LogP contribution in [0.25, 0.3) is 0 Å². The summed E-state index contributed by atoms with van der Waals surface area (Å²) in [6.07, 6.45) is 1.73. The summed E-state index contributed by atoms with van der Waals surface area (Å²) in [5.74, 6) is -1.11. The molecule has 0 radical (unpaired) electrons. The Morgan fingerprint density at radius 3 is 2.27 bits per heavy atom. The molecule has 142 valence electrons. The zero-order valence-electron chi connectivity index (χ0n) is 16.2. The summed E-state index contributed by atoms with van der Waals surface area (Å²) in [7, 11) is 0. The molecule has 1 amide bonds. The quantitative estimate of drug-likeness (QED) is 0.789. The van der Waals surface area contributed by atoms with E-state index in [9.17, 15) is 19.5 Å². The second-order valence-electron chi connectivity index (χ2n) is 7.73. The molecule has 26 heavy (non-hydrogen) atoms.